The van der Waals surface area contributed by atoms with Gasteiger partial charge in [0.25, 0.3) is 0 Å². The van der Waals surface area contributed by atoms with Crippen LogP contribution in [0.1, 0.15) is 61.4 Å². The number of ether oxygens (including phenoxy) is 1. The Bertz CT molecular complexity index is 808. The fourth-order valence-corrected chi connectivity index (χ4v) is 3.28. The standard InChI is InChI=1S/C22H28N2O2/c1-6-19-18(14-23)20(21(24(19)5)22(25)26-7-2)17-12-10-16(11-13-17)9-8-15(3)4/h10-13,15H,6-9H2,1-5H3. The maximum absolute atomic E-state index is 12.5. The lowest BCUT2D eigenvalue weighted by atomic mass is 9.97. The summed E-state index contributed by atoms with van der Waals surface area (Å²) in [5.74, 6) is 0.279. The Balaban J connectivity index is 2.53. The van der Waals surface area contributed by atoms with E-state index in [9.17, 15) is 10.1 Å². The normalized spacial score (nSPS) is 10.8. The van der Waals surface area contributed by atoms with E-state index in [1.165, 1.54) is 5.56 Å². The molecule has 138 valence electrons. The van der Waals surface area contributed by atoms with Gasteiger partial charge >= 0.3 is 5.97 Å². The first-order chi connectivity index (χ1) is 12.4. The fraction of sp³-hybridized carbons (Fsp3) is 0.455. The summed E-state index contributed by atoms with van der Waals surface area (Å²) < 4.78 is 7.05. The summed E-state index contributed by atoms with van der Waals surface area (Å²) >= 11 is 0. The Morgan fingerprint density at radius 3 is 2.38 bits per heavy atom. The van der Waals surface area contributed by atoms with Gasteiger partial charge in [0.1, 0.15) is 11.8 Å². The van der Waals surface area contributed by atoms with E-state index in [2.05, 4.69) is 32.0 Å². The monoisotopic (exact) mass is 352 g/mol. The quantitative estimate of drug-likeness (QED) is 0.667. The maximum atomic E-state index is 12.5. The summed E-state index contributed by atoms with van der Waals surface area (Å²) in [7, 11) is 1.83. The molecule has 0 spiro atoms. The van der Waals surface area contributed by atoms with Crippen LogP contribution in [0.3, 0.4) is 0 Å². The second kappa shape index (κ2) is 8.71. The Morgan fingerprint density at radius 2 is 1.88 bits per heavy atom. The van der Waals surface area contributed by atoms with E-state index in [1.807, 2.05) is 26.1 Å². The molecule has 2 aromatic rings. The lowest BCUT2D eigenvalue weighted by Gasteiger charge is -2.09. The van der Waals surface area contributed by atoms with Crippen LogP contribution < -0.4 is 0 Å². The molecule has 4 nitrogen and oxygen atoms in total. The largest absolute Gasteiger partial charge is 0.461 e. The molecule has 0 fully saturated rings. The van der Waals surface area contributed by atoms with Crippen LogP contribution in [0, 0.1) is 17.2 Å². The van der Waals surface area contributed by atoms with Crippen LogP contribution >= 0.6 is 0 Å². The number of rotatable bonds is 7. The van der Waals surface area contributed by atoms with E-state index >= 15 is 0 Å². The molecular weight excluding hydrogens is 324 g/mol. The zero-order valence-corrected chi connectivity index (χ0v) is 16.4. The van der Waals surface area contributed by atoms with Crippen LogP contribution in [0.15, 0.2) is 24.3 Å². The minimum Gasteiger partial charge on any atom is -0.461 e. The summed E-state index contributed by atoms with van der Waals surface area (Å²) in [6.07, 6.45) is 2.85. The van der Waals surface area contributed by atoms with Crippen molar-refractivity contribution in [1.29, 1.82) is 5.26 Å². The molecule has 0 saturated carbocycles. The number of hydrogen-bond donors (Lipinski definition) is 0. The van der Waals surface area contributed by atoms with Crippen molar-refractivity contribution in [2.24, 2.45) is 13.0 Å². The van der Waals surface area contributed by atoms with E-state index < -0.39 is 0 Å². The number of aryl methyl sites for hydroxylation is 1. The smallest absolute Gasteiger partial charge is 0.355 e. The van der Waals surface area contributed by atoms with Crippen LogP contribution in [0.5, 0.6) is 0 Å². The summed E-state index contributed by atoms with van der Waals surface area (Å²) in [6.45, 7) is 8.52. The van der Waals surface area contributed by atoms with E-state index in [4.69, 9.17) is 4.74 Å². The molecule has 0 amide bonds. The third-order valence-corrected chi connectivity index (χ3v) is 4.68. The van der Waals surface area contributed by atoms with Crippen LogP contribution in [0.4, 0.5) is 0 Å². The van der Waals surface area contributed by atoms with Crippen molar-refractivity contribution in [3.63, 3.8) is 0 Å². The van der Waals surface area contributed by atoms with E-state index in [-0.39, 0.29) is 5.97 Å². The van der Waals surface area contributed by atoms with Crippen molar-refractivity contribution < 1.29 is 9.53 Å². The number of carbonyl (C=O) groups is 1. The first-order valence-corrected chi connectivity index (χ1v) is 9.32. The molecule has 0 aliphatic heterocycles. The number of esters is 1. The Labute approximate surface area is 156 Å². The molecule has 0 bridgehead atoms. The number of nitriles is 1. The highest BCUT2D eigenvalue weighted by Crippen LogP contribution is 2.33. The van der Waals surface area contributed by atoms with E-state index in [0.717, 1.165) is 24.1 Å². The predicted molar refractivity (Wildman–Crippen MR) is 104 cm³/mol. The molecule has 2 rings (SSSR count). The molecule has 0 aliphatic carbocycles. The SMILES string of the molecule is CCOC(=O)c1c(-c2ccc(CCC(C)C)cc2)c(C#N)c(CC)n1C. The average Bonchev–Trinajstić information content (AvgIpc) is 2.92. The van der Waals surface area contributed by atoms with Crippen LogP contribution in [-0.4, -0.2) is 17.1 Å². The van der Waals surface area contributed by atoms with Gasteiger partial charge in [-0.15, -0.1) is 0 Å². The molecule has 0 atom stereocenters. The van der Waals surface area contributed by atoms with Gasteiger partial charge in [0.2, 0.25) is 0 Å². The molecule has 26 heavy (non-hydrogen) atoms. The van der Waals surface area contributed by atoms with Crippen molar-refractivity contribution >= 4 is 5.97 Å². The topological polar surface area (TPSA) is 55.0 Å². The zero-order chi connectivity index (χ0) is 19.3. The number of nitrogens with zero attached hydrogens (tertiary/aromatic N) is 2. The van der Waals surface area contributed by atoms with Crippen molar-refractivity contribution in [2.75, 3.05) is 6.61 Å². The van der Waals surface area contributed by atoms with Gasteiger partial charge < -0.3 is 9.30 Å². The number of hydrogen-bond acceptors (Lipinski definition) is 3. The lowest BCUT2D eigenvalue weighted by Crippen LogP contribution is -2.12. The van der Waals surface area contributed by atoms with E-state index in [0.29, 0.717) is 35.8 Å². The molecule has 0 radical (unpaired) electrons. The van der Waals surface area contributed by atoms with Gasteiger partial charge in [-0.2, -0.15) is 5.26 Å². The average molecular weight is 352 g/mol. The Hall–Kier alpha value is -2.54. The predicted octanol–water partition coefficient (Wildman–Crippen LogP) is 4.89. The minimum atomic E-state index is -0.384. The molecule has 0 aliphatic rings. The highest BCUT2D eigenvalue weighted by atomic mass is 16.5. The fourth-order valence-electron chi connectivity index (χ4n) is 3.28. The molecule has 4 heteroatoms. The van der Waals surface area contributed by atoms with Gasteiger partial charge in [0, 0.05) is 18.3 Å². The van der Waals surface area contributed by atoms with Gasteiger partial charge in [-0.25, -0.2) is 4.79 Å². The molecule has 1 heterocycles. The van der Waals surface area contributed by atoms with Crippen molar-refractivity contribution in [3.05, 3.63) is 46.8 Å². The van der Waals surface area contributed by atoms with Gasteiger partial charge in [0.05, 0.1) is 12.2 Å². The third kappa shape index (κ3) is 3.99. The first kappa shape index (κ1) is 19.8. The molecule has 0 unspecified atom stereocenters. The Kier molecular flexibility index (Phi) is 6.63. The highest BCUT2D eigenvalue weighted by Gasteiger charge is 2.26. The Morgan fingerprint density at radius 1 is 1.23 bits per heavy atom. The van der Waals surface area contributed by atoms with Gasteiger partial charge in [-0.3, -0.25) is 0 Å². The number of benzene rings is 1. The molecular formula is C22H28N2O2. The van der Waals surface area contributed by atoms with Gasteiger partial charge in [0.15, 0.2) is 0 Å². The molecule has 0 saturated heterocycles. The maximum Gasteiger partial charge on any atom is 0.355 e. The highest BCUT2D eigenvalue weighted by molar-refractivity contribution is 5.98. The van der Waals surface area contributed by atoms with Crippen molar-refractivity contribution in [2.45, 2.75) is 47.0 Å². The van der Waals surface area contributed by atoms with Crippen LogP contribution in [-0.2, 0) is 24.6 Å². The van der Waals surface area contributed by atoms with Crippen LogP contribution in [0.2, 0.25) is 0 Å². The minimum absolute atomic E-state index is 0.306. The van der Waals surface area contributed by atoms with E-state index in [1.54, 1.807) is 11.5 Å². The van der Waals surface area contributed by atoms with Crippen molar-refractivity contribution in [3.8, 4) is 17.2 Å². The first-order valence-electron chi connectivity index (χ1n) is 9.32. The summed E-state index contributed by atoms with van der Waals surface area (Å²) in [5.41, 5.74) is 4.71. The zero-order valence-electron chi connectivity index (χ0n) is 16.4. The van der Waals surface area contributed by atoms with Gasteiger partial charge in [-0.05, 0) is 43.2 Å². The number of carbonyl (C=O) groups excluding carboxylic acids is 1. The van der Waals surface area contributed by atoms with Crippen molar-refractivity contribution in [1.82, 2.24) is 4.57 Å². The summed E-state index contributed by atoms with van der Waals surface area (Å²) in [6, 6.07) is 10.5. The molecule has 1 aromatic carbocycles. The summed E-state index contributed by atoms with van der Waals surface area (Å²) in [5, 5.41) is 9.73. The van der Waals surface area contributed by atoms with Gasteiger partial charge in [-0.1, -0.05) is 45.0 Å². The second-order valence-electron chi connectivity index (χ2n) is 6.92. The molecule has 0 N–H and O–H groups in total. The lowest BCUT2D eigenvalue weighted by molar-refractivity contribution is 0.0516. The molecule has 1 aromatic heterocycles. The third-order valence-electron chi connectivity index (χ3n) is 4.68. The number of aromatic nitrogens is 1. The van der Waals surface area contributed by atoms with Crippen LogP contribution in [0.25, 0.3) is 11.1 Å². The summed E-state index contributed by atoms with van der Waals surface area (Å²) in [4.78, 5) is 12.5. The second-order valence-corrected chi connectivity index (χ2v) is 6.92.